The van der Waals surface area contributed by atoms with Gasteiger partial charge < -0.3 is 15.0 Å². The first-order chi connectivity index (χ1) is 10.2. The SMILES string of the molecule is CC(C)CCCCCCCOCCCN1CCCNC1=O. The van der Waals surface area contributed by atoms with Crippen molar-refractivity contribution in [1.29, 1.82) is 0 Å². The summed E-state index contributed by atoms with van der Waals surface area (Å²) >= 11 is 0. The molecular weight excluding hydrogens is 264 g/mol. The van der Waals surface area contributed by atoms with Gasteiger partial charge in [-0.2, -0.15) is 0 Å². The zero-order valence-corrected chi connectivity index (χ0v) is 14.0. The maximum atomic E-state index is 11.5. The van der Waals surface area contributed by atoms with Gasteiger partial charge in [-0.1, -0.05) is 46.0 Å². The van der Waals surface area contributed by atoms with Crippen LogP contribution in [0.5, 0.6) is 0 Å². The number of hydrogen-bond donors (Lipinski definition) is 1. The molecule has 1 fully saturated rings. The zero-order chi connectivity index (χ0) is 15.3. The van der Waals surface area contributed by atoms with E-state index in [2.05, 4.69) is 19.2 Å². The largest absolute Gasteiger partial charge is 0.381 e. The molecule has 1 rings (SSSR count). The summed E-state index contributed by atoms with van der Waals surface area (Å²) < 4.78 is 5.65. The molecule has 0 aromatic heterocycles. The number of unbranched alkanes of at least 4 members (excludes halogenated alkanes) is 4. The average Bonchev–Trinajstić information content (AvgIpc) is 2.46. The van der Waals surface area contributed by atoms with Crippen LogP contribution in [0.2, 0.25) is 0 Å². The highest BCUT2D eigenvalue weighted by molar-refractivity contribution is 5.74. The number of amides is 2. The van der Waals surface area contributed by atoms with Gasteiger partial charge in [0.05, 0.1) is 0 Å². The number of urea groups is 1. The minimum atomic E-state index is 0.0858. The van der Waals surface area contributed by atoms with E-state index in [9.17, 15) is 4.79 Å². The van der Waals surface area contributed by atoms with E-state index in [4.69, 9.17) is 4.74 Å². The Labute approximate surface area is 130 Å². The zero-order valence-electron chi connectivity index (χ0n) is 14.0. The van der Waals surface area contributed by atoms with E-state index in [-0.39, 0.29) is 6.03 Å². The standard InChI is InChI=1S/C17H34N2O2/c1-16(2)10-6-4-3-5-7-14-21-15-9-13-19-12-8-11-18-17(19)20/h16H,3-15H2,1-2H3,(H,18,20). The number of ether oxygens (including phenoxy) is 1. The van der Waals surface area contributed by atoms with Crippen LogP contribution in [0.25, 0.3) is 0 Å². The third-order valence-electron chi connectivity index (χ3n) is 3.96. The van der Waals surface area contributed by atoms with Gasteiger partial charge in [-0.05, 0) is 25.2 Å². The van der Waals surface area contributed by atoms with Gasteiger partial charge >= 0.3 is 6.03 Å². The van der Waals surface area contributed by atoms with Gasteiger partial charge in [0.1, 0.15) is 0 Å². The number of carbonyl (C=O) groups excluding carboxylic acids is 1. The molecule has 0 aromatic carbocycles. The Kier molecular flexibility index (Phi) is 10.3. The second kappa shape index (κ2) is 11.8. The van der Waals surface area contributed by atoms with Crippen molar-refractivity contribution in [1.82, 2.24) is 10.2 Å². The maximum Gasteiger partial charge on any atom is 0.317 e. The molecule has 1 heterocycles. The van der Waals surface area contributed by atoms with Crippen LogP contribution in [0.4, 0.5) is 4.79 Å². The molecule has 4 nitrogen and oxygen atoms in total. The summed E-state index contributed by atoms with van der Waals surface area (Å²) in [4.78, 5) is 13.4. The van der Waals surface area contributed by atoms with E-state index < -0.39 is 0 Å². The number of nitrogens with one attached hydrogen (secondary N) is 1. The molecule has 1 saturated heterocycles. The highest BCUT2D eigenvalue weighted by Gasteiger charge is 2.16. The van der Waals surface area contributed by atoms with Gasteiger partial charge in [0.25, 0.3) is 0 Å². The lowest BCUT2D eigenvalue weighted by Crippen LogP contribution is -2.46. The quantitative estimate of drug-likeness (QED) is 0.557. The first kappa shape index (κ1) is 18.3. The van der Waals surface area contributed by atoms with Crippen molar-refractivity contribution >= 4 is 6.03 Å². The number of nitrogens with zero attached hydrogens (tertiary/aromatic N) is 1. The Balaban J connectivity index is 1.79. The van der Waals surface area contributed by atoms with E-state index in [1.54, 1.807) is 0 Å². The summed E-state index contributed by atoms with van der Waals surface area (Å²) in [5.41, 5.74) is 0. The number of carbonyl (C=O) groups is 1. The first-order valence-corrected chi connectivity index (χ1v) is 8.80. The van der Waals surface area contributed by atoms with Gasteiger partial charge in [0.15, 0.2) is 0 Å². The molecule has 1 N–H and O–H groups in total. The number of hydrogen-bond acceptors (Lipinski definition) is 2. The second-order valence-corrected chi connectivity index (χ2v) is 6.49. The van der Waals surface area contributed by atoms with Gasteiger partial charge in [0, 0.05) is 32.8 Å². The Morgan fingerprint density at radius 2 is 1.81 bits per heavy atom. The van der Waals surface area contributed by atoms with Gasteiger partial charge in [-0.3, -0.25) is 0 Å². The van der Waals surface area contributed by atoms with E-state index in [1.165, 1.54) is 38.5 Å². The summed E-state index contributed by atoms with van der Waals surface area (Å²) in [6, 6.07) is 0.0858. The highest BCUT2D eigenvalue weighted by atomic mass is 16.5. The Bertz CT molecular complexity index is 270. The summed E-state index contributed by atoms with van der Waals surface area (Å²) in [5.74, 6) is 0.843. The number of rotatable bonds is 12. The summed E-state index contributed by atoms with van der Waals surface area (Å²) in [7, 11) is 0. The monoisotopic (exact) mass is 298 g/mol. The third kappa shape index (κ3) is 9.72. The molecule has 0 spiro atoms. The molecule has 0 saturated carbocycles. The lowest BCUT2D eigenvalue weighted by atomic mass is 10.0. The fourth-order valence-electron chi connectivity index (χ4n) is 2.64. The van der Waals surface area contributed by atoms with E-state index in [0.29, 0.717) is 0 Å². The molecule has 2 amide bonds. The van der Waals surface area contributed by atoms with E-state index >= 15 is 0 Å². The summed E-state index contributed by atoms with van der Waals surface area (Å²) in [6.45, 7) is 8.77. The highest BCUT2D eigenvalue weighted by Crippen LogP contribution is 2.10. The maximum absolute atomic E-state index is 11.5. The molecule has 0 atom stereocenters. The fraction of sp³-hybridized carbons (Fsp3) is 0.941. The lowest BCUT2D eigenvalue weighted by Gasteiger charge is -2.27. The minimum Gasteiger partial charge on any atom is -0.381 e. The Morgan fingerprint density at radius 1 is 1.10 bits per heavy atom. The molecule has 1 aliphatic rings. The lowest BCUT2D eigenvalue weighted by molar-refractivity contribution is 0.117. The normalized spacial score (nSPS) is 15.6. The van der Waals surface area contributed by atoms with Crippen molar-refractivity contribution in [3.8, 4) is 0 Å². The van der Waals surface area contributed by atoms with Crippen molar-refractivity contribution in [2.75, 3.05) is 32.8 Å². The fourth-order valence-corrected chi connectivity index (χ4v) is 2.64. The summed E-state index contributed by atoms with van der Waals surface area (Å²) in [5, 5.41) is 2.87. The second-order valence-electron chi connectivity index (χ2n) is 6.49. The van der Waals surface area contributed by atoms with Crippen LogP contribution in [0.15, 0.2) is 0 Å². The minimum absolute atomic E-state index is 0.0858. The Morgan fingerprint density at radius 3 is 2.57 bits per heavy atom. The van der Waals surface area contributed by atoms with Crippen LogP contribution >= 0.6 is 0 Å². The predicted octanol–water partition coefficient (Wildman–Crippen LogP) is 3.81. The van der Waals surface area contributed by atoms with Crippen LogP contribution in [0.1, 0.15) is 65.2 Å². The van der Waals surface area contributed by atoms with Gasteiger partial charge in [-0.25, -0.2) is 4.79 Å². The molecule has 1 aliphatic heterocycles. The van der Waals surface area contributed by atoms with Crippen molar-refractivity contribution in [2.45, 2.75) is 65.2 Å². The van der Waals surface area contributed by atoms with E-state index in [1.807, 2.05) is 4.90 Å². The van der Waals surface area contributed by atoms with Crippen molar-refractivity contribution in [2.24, 2.45) is 5.92 Å². The van der Waals surface area contributed by atoms with Crippen molar-refractivity contribution in [3.05, 3.63) is 0 Å². The molecule has 124 valence electrons. The van der Waals surface area contributed by atoms with Crippen LogP contribution < -0.4 is 5.32 Å². The van der Waals surface area contributed by atoms with Crippen LogP contribution in [0, 0.1) is 5.92 Å². The van der Waals surface area contributed by atoms with Crippen LogP contribution in [-0.4, -0.2) is 43.8 Å². The first-order valence-electron chi connectivity index (χ1n) is 8.80. The molecule has 4 heteroatoms. The Hall–Kier alpha value is -0.770. The molecule has 21 heavy (non-hydrogen) atoms. The predicted molar refractivity (Wildman–Crippen MR) is 87.6 cm³/mol. The smallest absolute Gasteiger partial charge is 0.317 e. The van der Waals surface area contributed by atoms with Gasteiger partial charge in [-0.15, -0.1) is 0 Å². The van der Waals surface area contributed by atoms with Crippen LogP contribution in [-0.2, 0) is 4.74 Å². The van der Waals surface area contributed by atoms with Crippen molar-refractivity contribution < 1.29 is 9.53 Å². The molecule has 0 bridgehead atoms. The average molecular weight is 298 g/mol. The van der Waals surface area contributed by atoms with Gasteiger partial charge in [0.2, 0.25) is 0 Å². The molecule has 0 unspecified atom stereocenters. The van der Waals surface area contributed by atoms with E-state index in [0.717, 1.165) is 51.6 Å². The third-order valence-corrected chi connectivity index (χ3v) is 3.96. The molecular formula is C17H34N2O2. The molecule has 0 aliphatic carbocycles. The molecule has 0 aromatic rings. The molecule has 0 radical (unpaired) electrons. The van der Waals surface area contributed by atoms with Crippen LogP contribution in [0.3, 0.4) is 0 Å². The topological polar surface area (TPSA) is 41.6 Å². The van der Waals surface area contributed by atoms with Crippen molar-refractivity contribution in [3.63, 3.8) is 0 Å². The summed E-state index contributed by atoms with van der Waals surface area (Å²) in [6.07, 6.45) is 9.90.